The highest BCUT2D eigenvalue weighted by Gasteiger charge is 2.46. The first kappa shape index (κ1) is 14.8. The van der Waals surface area contributed by atoms with E-state index in [0.717, 1.165) is 25.4 Å². The molecule has 2 fully saturated rings. The van der Waals surface area contributed by atoms with Gasteiger partial charge in [0.2, 0.25) is 0 Å². The van der Waals surface area contributed by atoms with Crippen molar-refractivity contribution in [3.8, 4) is 0 Å². The smallest absolute Gasteiger partial charge is 0.0476 e. The van der Waals surface area contributed by atoms with Gasteiger partial charge in [0.25, 0.3) is 0 Å². The average molecular weight is 284 g/mol. The molecule has 2 aliphatic rings. The van der Waals surface area contributed by atoms with Gasteiger partial charge in [-0.25, -0.2) is 0 Å². The second kappa shape index (κ2) is 5.94. The molecular formula is C19H28N2. The van der Waals surface area contributed by atoms with Crippen LogP contribution in [0, 0.1) is 5.92 Å². The van der Waals surface area contributed by atoms with Crippen LogP contribution in [-0.2, 0) is 0 Å². The fourth-order valence-corrected chi connectivity index (χ4v) is 3.81. The molecule has 1 aliphatic heterocycles. The Hall–Kier alpha value is -1.12. The summed E-state index contributed by atoms with van der Waals surface area (Å²) in [6, 6.07) is 12.0. The Morgan fingerprint density at radius 2 is 2.10 bits per heavy atom. The van der Waals surface area contributed by atoms with E-state index in [-0.39, 0.29) is 0 Å². The number of piperazine rings is 1. The zero-order valence-electron chi connectivity index (χ0n) is 13.4. The first-order valence-electron chi connectivity index (χ1n) is 8.30. The van der Waals surface area contributed by atoms with Gasteiger partial charge in [-0.1, -0.05) is 36.4 Å². The predicted molar refractivity (Wildman–Crippen MR) is 89.3 cm³/mol. The number of hydrogen-bond donors (Lipinski definition) is 1. The molecule has 0 bridgehead atoms. The summed E-state index contributed by atoms with van der Waals surface area (Å²) < 4.78 is 0. The molecule has 1 heterocycles. The van der Waals surface area contributed by atoms with Gasteiger partial charge in [-0.2, -0.15) is 0 Å². The van der Waals surface area contributed by atoms with E-state index >= 15 is 0 Å². The van der Waals surface area contributed by atoms with Crippen LogP contribution in [0.1, 0.15) is 44.7 Å². The third-order valence-corrected chi connectivity index (χ3v) is 5.35. The molecule has 2 nitrogen and oxygen atoms in total. The second-order valence-electron chi connectivity index (χ2n) is 7.04. The van der Waals surface area contributed by atoms with Crippen molar-refractivity contribution in [1.29, 1.82) is 0 Å². The van der Waals surface area contributed by atoms with E-state index < -0.39 is 0 Å². The molecule has 1 N–H and O–H groups in total. The van der Waals surface area contributed by atoms with Crippen molar-refractivity contribution in [3.63, 3.8) is 0 Å². The summed E-state index contributed by atoms with van der Waals surface area (Å²) in [4.78, 5) is 2.70. The van der Waals surface area contributed by atoms with E-state index in [1.807, 2.05) is 0 Å². The first-order valence-corrected chi connectivity index (χ1v) is 8.30. The molecule has 1 aliphatic carbocycles. The summed E-state index contributed by atoms with van der Waals surface area (Å²) in [5.74, 6) is 0.868. The highest BCUT2D eigenvalue weighted by atomic mass is 15.3. The van der Waals surface area contributed by atoms with Crippen molar-refractivity contribution in [3.05, 3.63) is 48.6 Å². The Balaban J connectivity index is 1.83. The van der Waals surface area contributed by atoms with Crippen LogP contribution in [0.4, 0.5) is 0 Å². The second-order valence-corrected chi connectivity index (χ2v) is 7.04. The van der Waals surface area contributed by atoms with E-state index in [9.17, 15) is 0 Å². The monoisotopic (exact) mass is 284 g/mol. The van der Waals surface area contributed by atoms with Gasteiger partial charge in [-0.05, 0) is 44.6 Å². The molecule has 1 saturated heterocycles. The zero-order valence-corrected chi connectivity index (χ0v) is 13.4. The van der Waals surface area contributed by atoms with Gasteiger partial charge in [-0.3, -0.25) is 4.90 Å². The van der Waals surface area contributed by atoms with E-state index in [0.29, 0.717) is 17.6 Å². The maximum absolute atomic E-state index is 3.93. The Kier molecular flexibility index (Phi) is 4.19. The van der Waals surface area contributed by atoms with Gasteiger partial charge in [0.05, 0.1) is 0 Å². The predicted octanol–water partition coefficient (Wildman–Crippen LogP) is 3.77. The lowest BCUT2D eigenvalue weighted by Gasteiger charge is -2.49. The van der Waals surface area contributed by atoms with Crippen molar-refractivity contribution >= 4 is 0 Å². The van der Waals surface area contributed by atoms with Crippen molar-refractivity contribution < 1.29 is 0 Å². The van der Waals surface area contributed by atoms with E-state index in [2.05, 4.69) is 67.1 Å². The minimum absolute atomic E-state index is 0.292. The van der Waals surface area contributed by atoms with Crippen molar-refractivity contribution in [2.24, 2.45) is 5.92 Å². The summed E-state index contributed by atoms with van der Waals surface area (Å²) in [5.41, 5.74) is 1.72. The number of benzene rings is 1. The third-order valence-electron chi connectivity index (χ3n) is 5.35. The Morgan fingerprint density at radius 3 is 2.71 bits per heavy atom. The molecule has 0 amide bonds. The van der Waals surface area contributed by atoms with Crippen LogP contribution in [0.3, 0.4) is 0 Å². The Labute approximate surface area is 129 Å². The summed E-state index contributed by atoms with van der Waals surface area (Å²) >= 11 is 0. The summed E-state index contributed by atoms with van der Waals surface area (Å²) in [6.45, 7) is 10.9. The normalized spacial score (nSPS) is 31.8. The standard InChI is InChI=1S/C19H28N2/c1-4-8-15(2)21-14-19(3,17-11-12-17)20-13-18(21)16-9-6-5-7-10-16/h4-7,9-10,15,17-18,20H,1,8,11-14H2,2-3H3. The molecule has 21 heavy (non-hydrogen) atoms. The molecular weight excluding hydrogens is 256 g/mol. The van der Waals surface area contributed by atoms with Crippen LogP contribution >= 0.6 is 0 Å². The maximum Gasteiger partial charge on any atom is 0.0476 e. The van der Waals surface area contributed by atoms with Gasteiger partial charge >= 0.3 is 0 Å². The molecule has 3 rings (SSSR count). The molecule has 3 atom stereocenters. The van der Waals surface area contributed by atoms with Gasteiger partial charge < -0.3 is 5.32 Å². The summed E-state index contributed by atoms with van der Waals surface area (Å²) in [5, 5.41) is 3.87. The van der Waals surface area contributed by atoms with E-state index in [1.165, 1.54) is 18.4 Å². The van der Waals surface area contributed by atoms with E-state index in [4.69, 9.17) is 0 Å². The van der Waals surface area contributed by atoms with Crippen LogP contribution in [0.2, 0.25) is 0 Å². The Bertz CT molecular complexity index is 480. The topological polar surface area (TPSA) is 15.3 Å². The molecule has 2 heteroatoms. The van der Waals surface area contributed by atoms with Gasteiger partial charge in [0.1, 0.15) is 0 Å². The van der Waals surface area contributed by atoms with Crippen LogP contribution in [0.5, 0.6) is 0 Å². The number of nitrogens with zero attached hydrogens (tertiary/aromatic N) is 1. The molecule has 1 aromatic carbocycles. The highest BCUT2D eigenvalue weighted by molar-refractivity contribution is 5.22. The van der Waals surface area contributed by atoms with Crippen molar-refractivity contribution in [1.82, 2.24) is 10.2 Å². The first-order chi connectivity index (χ1) is 10.1. The summed E-state index contributed by atoms with van der Waals surface area (Å²) in [7, 11) is 0. The minimum atomic E-state index is 0.292. The molecule has 0 radical (unpaired) electrons. The fourth-order valence-electron chi connectivity index (χ4n) is 3.81. The van der Waals surface area contributed by atoms with E-state index in [1.54, 1.807) is 0 Å². The SMILES string of the molecule is C=CCC(C)N1CC(C)(C2CC2)NCC1c1ccccc1. The number of rotatable bonds is 5. The van der Waals surface area contributed by atoms with Gasteiger partial charge in [0, 0.05) is 30.7 Å². The fraction of sp³-hybridized carbons (Fsp3) is 0.579. The minimum Gasteiger partial charge on any atom is -0.308 e. The number of nitrogens with one attached hydrogen (secondary N) is 1. The lowest BCUT2D eigenvalue weighted by Crippen LogP contribution is -2.62. The Morgan fingerprint density at radius 1 is 1.38 bits per heavy atom. The largest absolute Gasteiger partial charge is 0.308 e. The third kappa shape index (κ3) is 3.07. The molecule has 1 aromatic rings. The van der Waals surface area contributed by atoms with Gasteiger partial charge in [0.15, 0.2) is 0 Å². The lowest BCUT2D eigenvalue weighted by molar-refractivity contribution is 0.0443. The van der Waals surface area contributed by atoms with Crippen LogP contribution in [0.25, 0.3) is 0 Å². The lowest BCUT2D eigenvalue weighted by atomic mass is 9.88. The maximum atomic E-state index is 3.93. The molecule has 1 saturated carbocycles. The van der Waals surface area contributed by atoms with Crippen LogP contribution in [-0.4, -0.2) is 29.6 Å². The molecule has 3 unspecified atom stereocenters. The molecule has 0 aromatic heterocycles. The average Bonchev–Trinajstić information content (AvgIpc) is 3.33. The van der Waals surface area contributed by atoms with Crippen LogP contribution < -0.4 is 5.32 Å². The quantitative estimate of drug-likeness (QED) is 0.828. The van der Waals surface area contributed by atoms with Crippen molar-refractivity contribution in [2.75, 3.05) is 13.1 Å². The summed E-state index contributed by atoms with van der Waals surface area (Å²) in [6.07, 6.45) is 5.90. The molecule has 0 spiro atoms. The zero-order chi connectivity index (χ0) is 14.9. The highest BCUT2D eigenvalue weighted by Crippen LogP contribution is 2.43. The number of hydrogen-bond acceptors (Lipinski definition) is 2. The molecule has 114 valence electrons. The van der Waals surface area contributed by atoms with Crippen molar-refractivity contribution in [2.45, 2.75) is 50.7 Å². The van der Waals surface area contributed by atoms with Gasteiger partial charge in [-0.15, -0.1) is 6.58 Å². The van der Waals surface area contributed by atoms with Crippen LogP contribution in [0.15, 0.2) is 43.0 Å².